The number of aromatic nitrogens is 3. The standard InChI is InChI=1S/C29H39N3O4/c1-6-20-31-26(30-32(28(31)34)21-24-14-12-22(3)13-15-24)11-9-8-10-23-16-18-25(19-17-23)36-29(4,5)27(33)35-7-2/h12-19H,6-11,20-21H2,1-5H3. The zero-order chi connectivity index (χ0) is 26.1. The van der Waals surface area contributed by atoms with Gasteiger partial charge in [-0.3, -0.25) is 4.57 Å². The minimum absolute atomic E-state index is 0.0336. The van der Waals surface area contributed by atoms with Gasteiger partial charge < -0.3 is 9.47 Å². The number of unbranched alkanes of at least 4 members (excludes halogenated alkanes) is 1. The average molecular weight is 494 g/mol. The minimum Gasteiger partial charge on any atom is -0.476 e. The molecule has 36 heavy (non-hydrogen) atoms. The highest BCUT2D eigenvalue weighted by Crippen LogP contribution is 2.21. The van der Waals surface area contributed by atoms with Gasteiger partial charge in [0.25, 0.3) is 0 Å². The second-order valence-electron chi connectivity index (χ2n) is 9.68. The van der Waals surface area contributed by atoms with Gasteiger partial charge in [0.15, 0.2) is 5.60 Å². The number of hydrogen-bond donors (Lipinski definition) is 0. The molecule has 0 aliphatic carbocycles. The van der Waals surface area contributed by atoms with Crippen molar-refractivity contribution in [1.82, 2.24) is 14.3 Å². The number of hydrogen-bond acceptors (Lipinski definition) is 5. The summed E-state index contributed by atoms with van der Waals surface area (Å²) in [5.41, 5.74) is 2.41. The van der Waals surface area contributed by atoms with E-state index in [1.54, 1.807) is 25.5 Å². The predicted octanol–water partition coefficient (Wildman–Crippen LogP) is 5.10. The Hall–Kier alpha value is -3.35. The van der Waals surface area contributed by atoms with Crippen molar-refractivity contribution in [3.63, 3.8) is 0 Å². The van der Waals surface area contributed by atoms with E-state index in [2.05, 4.69) is 43.2 Å². The van der Waals surface area contributed by atoms with Crippen molar-refractivity contribution >= 4 is 5.97 Å². The summed E-state index contributed by atoms with van der Waals surface area (Å²) in [6.45, 7) is 10.8. The molecule has 0 spiro atoms. The molecule has 3 rings (SSSR count). The van der Waals surface area contributed by atoms with E-state index >= 15 is 0 Å². The fourth-order valence-electron chi connectivity index (χ4n) is 4.07. The first kappa shape index (κ1) is 27.2. The van der Waals surface area contributed by atoms with Crippen LogP contribution in [0.5, 0.6) is 5.75 Å². The summed E-state index contributed by atoms with van der Waals surface area (Å²) >= 11 is 0. The van der Waals surface area contributed by atoms with Crippen LogP contribution in [0.3, 0.4) is 0 Å². The molecule has 7 heteroatoms. The first-order valence-electron chi connectivity index (χ1n) is 12.9. The van der Waals surface area contributed by atoms with E-state index in [1.165, 1.54) is 11.1 Å². The largest absolute Gasteiger partial charge is 0.476 e. The molecule has 0 unspecified atom stereocenters. The van der Waals surface area contributed by atoms with Crippen LogP contribution in [0.25, 0.3) is 0 Å². The van der Waals surface area contributed by atoms with E-state index in [0.29, 0.717) is 25.4 Å². The Morgan fingerprint density at radius 3 is 2.22 bits per heavy atom. The third kappa shape index (κ3) is 7.33. The lowest BCUT2D eigenvalue weighted by molar-refractivity contribution is -0.158. The summed E-state index contributed by atoms with van der Waals surface area (Å²) in [5.74, 6) is 1.12. The molecule has 1 aromatic heterocycles. The van der Waals surface area contributed by atoms with Gasteiger partial charge in [-0.15, -0.1) is 0 Å². The maximum Gasteiger partial charge on any atom is 0.349 e. The van der Waals surface area contributed by atoms with E-state index < -0.39 is 5.60 Å². The van der Waals surface area contributed by atoms with Crippen LogP contribution < -0.4 is 10.4 Å². The Morgan fingerprint density at radius 1 is 0.944 bits per heavy atom. The van der Waals surface area contributed by atoms with Crippen LogP contribution >= 0.6 is 0 Å². The summed E-state index contributed by atoms with van der Waals surface area (Å²) in [6, 6.07) is 16.1. The molecule has 0 atom stereocenters. The molecular formula is C29H39N3O4. The molecular weight excluding hydrogens is 454 g/mol. The second-order valence-corrected chi connectivity index (χ2v) is 9.68. The number of carbonyl (C=O) groups is 1. The lowest BCUT2D eigenvalue weighted by atomic mass is 10.1. The number of rotatable bonds is 13. The van der Waals surface area contributed by atoms with Gasteiger partial charge in [-0.05, 0) is 76.6 Å². The molecule has 0 amide bonds. The zero-order valence-electron chi connectivity index (χ0n) is 22.3. The van der Waals surface area contributed by atoms with E-state index in [1.807, 2.05) is 28.8 Å². The summed E-state index contributed by atoms with van der Waals surface area (Å²) in [4.78, 5) is 25.0. The Balaban J connectivity index is 1.55. The molecule has 194 valence electrons. The molecule has 7 nitrogen and oxygen atoms in total. The van der Waals surface area contributed by atoms with Crippen LogP contribution in [0.1, 0.15) is 69.5 Å². The van der Waals surface area contributed by atoms with Crippen molar-refractivity contribution in [1.29, 1.82) is 0 Å². The van der Waals surface area contributed by atoms with Gasteiger partial charge >= 0.3 is 11.7 Å². The molecule has 0 aliphatic heterocycles. The van der Waals surface area contributed by atoms with Crippen molar-refractivity contribution < 1.29 is 14.3 Å². The van der Waals surface area contributed by atoms with Gasteiger partial charge in [0.1, 0.15) is 11.6 Å². The van der Waals surface area contributed by atoms with Crippen LogP contribution in [0.2, 0.25) is 0 Å². The number of benzene rings is 2. The fraction of sp³-hybridized carbons (Fsp3) is 0.483. The molecule has 0 aliphatic rings. The van der Waals surface area contributed by atoms with Crippen LogP contribution in [-0.2, 0) is 35.5 Å². The maximum absolute atomic E-state index is 12.9. The topological polar surface area (TPSA) is 75.3 Å². The lowest BCUT2D eigenvalue weighted by Crippen LogP contribution is -2.39. The number of ether oxygens (including phenoxy) is 2. The summed E-state index contributed by atoms with van der Waals surface area (Å²) < 4.78 is 14.3. The Kier molecular flexibility index (Phi) is 9.51. The van der Waals surface area contributed by atoms with Crippen LogP contribution in [-0.4, -0.2) is 32.5 Å². The zero-order valence-corrected chi connectivity index (χ0v) is 22.3. The second kappa shape index (κ2) is 12.6. The Morgan fingerprint density at radius 2 is 1.58 bits per heavy atom. The highest BCUT2D eigenvalue weighted by atomic mass is 16.6. The number of aryl methyl sites for hydroxylation is 3. The average Bonchev–Trinajstić information content (AvgIpc) is 3.13. The van der Waals surface area contributed by atoms with Gasteiger partial charge in [0.05, 0.1) is 13.2 Å². The molecule has 0 saturated carbocycles. The number of nitrogens with zero attached hydrogens (tertiary/aromatic N) is 3. The first-order chi connectivity index (χ1) is 17.2. The molecule has 0 saturated heterocycles. The number of carbonyl (C=O) groups excluding carboxylic acids is 1. The Labute approximate surface area is 214 Å². The van der Waals surface area contributed by atoms with E-state index in [0.717, 1.165) is 43.5 Å². The summed E-state index contributed by atoms with van der Waals surface area (Å²) in [5, 5.41) is 4.68. The van der Waals surface area contributed by atoms with Crippen LogP contribution in [0.4, 0.5) is 0 Å². The molecule has 0 fully saturated rings. The van der Waals surface area contributed by atoms with Gasteiger partial charge in [-0.2, -0.15) is 5.10 Å². The minimum atomic E-state index is -1.03. The monoisotopic (exact) mass is 493 g/mol. The molecule has 0 bridgehead atoms. The van der Waals surface area contributed by atoms with Crippen LogP contribution in [0, 0.1) is 6.92 Å². The van der Waals surface area contributed by atoms with Crippen molar-refractivity contribution in [2.75, 3.05) is 6.61 Å². The highest BCUT2D eigenvalue weighted by molar-refractivity contribution is 5.79. The normalized spacial score (nSPS) is 11.5. The highest BCUT2D eigenvalue weighted by Gasteiger charge is 2.31. The first-order valence-corrected chi connectivity index (χ1v) is 12.9. The van der Waals surface area contributed by atoms with Crippen molar-refractivity contribution in [2.45, 2.75) is 85.4 Å². The quantitative estimate of drug-likeness (QED) is 0.245. The molecule has 0 radical (unpaired) electrons. The SMILES string of the molecule is CCCn1c(CCCCc2ccc(OC(C)(C)C(=O)OCC)cc2)nn(Cc2ccc(C)cc2)c1=O. The molecule has 2 aromatic carbocycles. The van der Waals surface area contributed by atoms with Gasteiger partial charge in [-0.1, -0.05) is 48.9 Å². The smallest absolute Gasteiger partial charge is 0.349 e. The summed E-state index contributed by atoms with van der Waals surface area (Å²) in [7, 11) is 0. The molecule has 3 aromatic rings. The van der Waals surface area contributed by atoms with E-state index in [4.69, 9.17) is 9.47 Å². The van der Waals surface area contributed by atoms with Gasteiger partial charge in [0, 0.05) is 13.0 Å². The fourth-order valence-corrected chi connectivity index (χ4v) is 4.07. The van der Waals surface area contributed by atoms with Crippen LogP contribution in [0.15, 0.2) is 53.3 Å². The third-order valence-corrected chi connectivity index (χ3v) is 6.08. The number of esters is 1. The van der Waals surface area contributed by atoms with Crippen molar-refractivity contribution in [2.24, 2.45) is 0 Å². The third-order valence-electron chi connectivity index (χ3n) is 6.08. The Bertz CT molecular complexity index is 1170. The lowest BCUT2D eigenvalue weighted by Gasteiger charge is -2.24. The molecule has 1 heterocycles. The maximum atomic E-state index is 12.9. The predicted molar refractivity (Wildman–Crippen MR) is 141 cm³/mol. The van der Waals surface area contributed by atoms with Gasteiger partial charge in [0.2, 0.25) is 0 Å². The van der Waals surface area contributed by atoms with E-state index in [-0.39, 0.29) is 11.7 Å². The molecule has 0 N–H and O–H groups in total. The summed E-state index contributed by atoms with van der Waals surface area (Å²) in [6.07, 6.45) is 4.51. The van der Waals surface area contributed by atoms with Gasteiger partial charge in [-0.25, -0.2) is 14.3 Å². The van der Waals surface area contributed by atoms with E-state index in [9.17, 15) is 9.59 Å². The van der Waals surface area contributed by atoms with Crippen molar-refractivity contribution in [3.8, 4) is 5.75 Å². The van der Waals surface area contributed by atoms with Crippen molar-refractivity contribution in [3.05, 3.63) is 81.5 Å².